The quantitative estimate of drug-likeness (QED) is 0.783. The van der Waals surface area contributed by atoms with Gasteiger partial charge in [-0.25, -0.2) is 0 Å². The second-order valence-corrected chi connectivity index (χ2v) is 4.58. The molecule has 0 aromatic rings. The molecule has 0 aromatic carbocycles. The average Bonchev–Trinajstić information content (AvgIpc) is 2.94. The predicted octanol–water partition coefficient (Wildman–Crippen LogP) is 2.68. The molecule has 1 aliphatic carbocycles. The SMILES string of the molecule is CCC(N)C(N(CC(F)(F)F)C1CC1)C(F)(F)F. The van der Waals surface area contributed by atoms with Gasteiger partial charge in [0, 0.05) is 12.1 Å². The Balaban J connectivity index is 2.91. The Bertz CT molecular complexity index is 271. The maximum absolute atomic E-state index is 12.9. The van der Waals surface area contributed by atoms with Crippen LogP contribution < -0.4 is 5.73 Å². The summed E-state index contributed by atoms with van der Waals surface area (Å²) in [7, 11) is 0. The van der Waals surface area contributed by atoms with Crippen molar-refractivity contribution in [1.29, 1.82) is 0 Å². The van der Waals surface area contributed by atoms with Gasteiger partial charge in [-0.05, 0) is 19.3 Å². The van der Waals surface area contributed by atoms with Crippen LogP contribution in [0.4, 0.5) is 26.3 Å². The van der Waals surface area contributed by atoms with E-state index in [2.05, 4.69) is 0 Å². The highest BCUT2D eigenvalue weighted by molar-refractivity contribution is 4.96. The second kappa shape index (κ2) is 5.24. The molecule has 1 rings (SSSR count). The summed E-state index contributed by atoms with van der Waals surface area (Å²) in [6.07, 6.45) is -8.70. The molecule has 2 nitrogen and oxygen atoms in total. The lowest BCUT2D eigenvalue weighted by molar-refractivity contribution is -0.215. The summed E-state index contributed by atoms with van der Waals surface area (Å²) in [6.45, 7) is -0.127. The van der Waals surface area contributed by atoms with Crippen LogP contribution in [0.2, 0.25) is 0 Å². The molecule has 18 heavy (non-hydrogen) atoms. The Hall–Kier alpha value is -0.500. The molecule has 0 saturated heterocycles. The molecule has 1 saturated carbocycles. The minimum absolute atomic E-state index is 0.0226. The minimum Gasteiger partial charge on any atom is -0.326 e. The monoisotopic (exact) mass is 278 g/mol. The van der Waals surface area contributed by atoms with Gasteiger partial charge in [-0.1, -0.05) is 6.92 Å². The highest BCUT2D eigenvalue weighted by atomic mass is 19.4. The first-order valence-electron chi connectivity index (χ1n) is 5.71. The molecule has 0 amide bonds. The molecule has 0 aliphatic heterocycles. The number of hydrogen-bond acceptors (Lipinski definition) is 2. The molecular weight excluding hydrogens is 262 g/mol. The zero-order valence-corrected chi connectivity index (χ0v) is 9.85. The van der Waals surface area contributed by atoms with E-state index >= 15 is 0 Å². The van der Waals surface area contributed by atoms with Crippen LogP contribution in [0.25, 0.3) is 0 Å². The van der Waals surface area contributed by atoms with E-state index in [9.17, 15) is 26.3 Å². The number of halogens is 6. The van der Waals surface area contributed by atoms with E-state index < -0.39 is 37.0 Å². The van der Waals surface area contributed by atoms with Crippen LogP contribution >= 0.6 is 0 Å². The van der Waals surface area contributed by atoms with Gasteiger partial charge in [-0.2, -0.15) is 26.3 Å². The van der Waals surface area contributed by atoms with Gasteiger partial charge in [0.25, 0.3) is 0 Å². The van der Waals surface area contributed by atoms with Gasteiger partial charge >= 0.3 is 12.4 Å². The van der Waals surface area contributed by atoms with Crippen LogP contribution in [0.1, 0.15) is 26.2 Å². The normalized spacial score (nSPS) is 21.2. The standard InChI is InChI=1S/C10H16F6N2/c1-2-7(17)8(10(14,15)16)18(6-3-4-6)5-9(11,12)13/h6-8H,2-5,17H2,1H3. The van der Waals surface area contributed by atoms with Gasteiger partial charge in [-0.3, -0.25) is 4.90 Å². The zero-order valence-electron chi connectivity index (χ0n) is 9.85. The molecule has 2 atom stereocenters. The molecule has 0 spiro atoms. The van der Waals surface area contributed by atoms with Crippen molar-refractivity contribution >= 4 is 0 Å². The number of nitrogens with zero attached hydrogens (tertiary/aromatic N) is 1. The molecule has 1 aliphatic rings. The van der Waals surface area contributed by atoms with E-state index in [1.54, 1.807) is 0 Å². The fraction of sp³-hybridized carbons (Fsp3) is 1.00. The van der Waals surface area contributed by atoms with Gasteiger partial charge in [0.15, 0.2) is 0 Å². The van der Waals surface area contributed by atoms with Crippen molar-refractivity contribution in [2.75, 3.05) is 6.54 Å². The lowest BCUT2D eigenvalue weighted by atomic mass is 10.0. The molecule has 108 valence electrons. The average molecular weight is 278 g/mol. The summed E-state index contributed by atoms with van der Waals surface area (Å²) in [5.74, 6) is 0. The fourth-order valence-corrected chi connectivity index (χ4v) is 1.97. The number of rotatable bonds is 5. The first-order chi connectivity index (χ1) is 8.06. The highest BCUT2D eigenvalue weighted by Crippen LogP contribution is 2.38. The molecule has 8 heteroatoms. The minimum atomic E-state index is -4.75. The second-order valence-electron chi connectivity index (χ2n) is 4.58. The number of alkyl halides is 6. The Morgan fingerprint density at radius 2 is 1.67 bits per heavy atom. The summed E-state index contributed by atoms with van der Waals surface area (Å²) < 4.78 is 75.7. The molecule has 1 fully saturated rings. The molecule has 0 aromatic heterocycles. The third kappa shape index (κ3) is 4.31. The van der Waals surface area contributed by atoms with Gasteiger partial charge in [0.05, 0.1) is 6.54 Å². The maximum Gasteiger partial charge on any atom is 0.405 e. The third-order valence-corrected chi connectivity index (χ3v) is 2.95. The van der Waals surface area contributed by atoms with Crippen molar-refractivity contribution in [3.8, 4) is 0 Å². The van der Waals surface area contributed by atoms with Gasteiger partial charge in [0.1, 0.15) is 6.04 Å². The summed E-state index contributed by atoms with van der Waals surface area (Å²) in [6, 6.07) is -4.22. The molecule has 2 N–H and O–H groups in total. The third-order valence-electron chi connectivity index (χ3n) is 2.95. The Morgan fingerprint density at radius 3 is 1.94 bits per heavy atom. The van der Waals surface area contributed by atoms with E-state index in [-0.39, 0.29) is 6.42 Å². The van der Waals surface area contributed by atoms with E-state index in [1.807, 2.05) is 0 Å². The van der Waals surface area contributed by atoms with Crippen molar-refractivity contribution in [1.82, 2.24) is 4.90 Å². The van der Waals surface area contributed by atoms with Crippen molar-refractivity contribution < 1.29 is 26.3 Å². The van der Waals surface area contributed by atoms with Crippen LogP contribution in [0.5, 0.6) is 0 Å². The van der Waals surface area contributed by atoms with Crippen molar-refractivity contribution in [2.24, 2.45) is 5.73 Å². The van der Waals surface area contributed by atoms with Crippen molar-refractivity contribution in [2.45, 2.75) is 56.7 Å². The van der Waals surface area contributed by atoms with Gasteiger partial charge in [0.2, 0.25) is 0 Å². The molecule has 2 unspecified atom stereocenters. The zero-order chi connectivity index (χ0) is 14.1. The summed E-state index contributed by atoms with van der Waals surface area (Å²) in [5.41, 5.74) is 5.36. The molecule has 0 bridgehead atoms. The lowest BCUT2D eigenvalue weighted by Crippen LogP contribution is -2.58. The lowest BCUT2D eigenvalue weighted by Gasteiger charge is -2.36. The largest absolute Gasteiger partial charge is 0.405 e. The first kappa shape index (κ1) is 15.6. The molecular formula is C10H16F6N2. The van der Waals surface area contributed by atoms with Crippen LogP contribution in [-0.2, 0) is 0 Å². The Labute approximate surface area is 101 Å². The Morgan fingerprint density at radius 1 is 1.17 bits per heavy atom. The van der Waals surface area contributed by atoms with Crippen LogP contribution in [0, 0.1) is 0 Å². The van der Waals surface area contributed by atoms with Crippen LogP contribution in [-0.4, -0.2) is 41.9 Å². The Kier molecular flexibility index (Phi) is 4.53. The predicted molar refractivity (Wildman–Crippen MR) is 53.9 cm³/mol. The van der Waals surface area contributed by atoms with E-state index in [4.69, 9.17) is 5.73 Å². The van der Waals surface area contributed by atoms with E-state index in [0.29, 0.717) is 17.7 Å². The highest BCUT2D eigenvalue weighted by Gasteiger charge is 2.53. The smallest absolute Gasteiger partial charge is 0.326 e. The van der Waals surface area contributed by atoms with E-state index in [0.717, 1.165) is 0 Å². The summed E-state index contributed by atoms with van der Waals surface area (Å²) >= 11 is 0. The summed E-state index contributed by atoms with van der Waals surface area (Å²) in [4.78, 5) is 0.466. The molecule has 0 radical (unpaired) electrons. The maximum atomic E-state index is 12.9. The topological polar surface area (TPSA) is 29.3 Å². The number of hydrogen-bond donors (Lipinski definition) is 1. The van der Waals surface area contributed by atoms with Crippen LogP contribution in [0.15, 0.2) is 0 Å². The number of nitrogens with two attached hydrogens (primary N) is 1. The summed E-state index contributed by atoms with van der Waals surface area (Å²) in [5, 5.41) is 0. The van der Waals surface area contributed by atoms with E-state index in [1.165, 1.54) is 6.92 Å². The fourth-order valence-electron chi connectivity index (χ4n) is 1.97. The molecule has 0 heterocycles. The first-order valence-corrected chi connectivity index (χ1v) is 5.71. The van der Waals surface area contributed by atoms with Gasteiger partial charge in [-0.15, -0.1) is 0 Å². The van der Waals surface area contributed by atoms with Crippen molar-refractivity contribution in [3.05, 3.63) is 0 Å². The van der Waals surface area contributed by atoms with Crippen molar-refractivity contribution in [3.63, 3.8) is 0 Å². The van der Waals surface area contributed by atoms with Gasteiger partial charge < -0.3 is 5.73 Å². The van der Waals surface area contributed by atoms with Crippen LogP contribution in [0.3, 0.4) is 0 Å².